The normalized spacial score (nSPS) is 10.8. The molecule has 0 aromatic carbocycles. The monoisotopic (exact) mass is 197 g/mol. The Hall–Kier alpha value is 1.01. The fourth-order valence-corrected chi connectivity index (χ4v) is 2.65. The number of nitrogens with zero attached hydrogens (tertiary/aromatic N) is 1. The van der Waals surface area contributed by atoms with Gasteiger partial charge in [-0.15, -0.1) is 35.3 Å². The second kappa shape index (κ2) is 8.11. The topological polar surface area (TPSA) is 3.24 Å². The van der Waals surface area contributed by atoms with E-state index >= 15 is 0 Å². The summed E-state index contributed by atoms with van der Waals surface area (Å²) in [4.78, 5) is 2.43. The molecule has 0 saturated carbocycles. The van der Waals surface area contributed by atoms with Crippen LogP contribution in [0.5, 0.6) is 0 Å². The first kappa shape index (κ1) is 11.0. The average Bonchev–Trinajstić information content (AvgIpc) is 1.90. The Morgan fingerprint density at radius 1 is 0.800 bits per heavy atom. The highest BCUT2D eigenvalue weighted by molar-refractivity contribution is 8.00. The standard InChI is InChI=1S/C6H15NS3/c1-8-4-7(5-9-2)6-10-3/h4-6H2,1-3H3. The van der Waals surface area contributed by atoms with E-state index in [4.69, 9.17) is 0 Å². The van der Waals surface area contributed by atoms with Crippen LogP contribution in [0, 0.1) is 0 Å². The van der Waals surface area contributed by atoms with E-state index in [-0.39, 0.29) is 0 Å². The van der Waals surface area contributed by atoms with Gasteiger partial charge in [-0.2, -0.15) is 0 Å². The molecular weight excluding hydrogens is 182 g/mol. The van der Waals surface area contributed by atoms with E-state index < -0.39 is 0 Å². The lowest BCUT2D eigenvalue weighted by Crippen LogP contribution is -2.21. The summed E-state index contributed by atoms with van der Waals surface area (Å²) in [5, 5.41) is 0. The van der Waals surface area contributed by atoms with E-state index in [0.29, 0.717) is 0 Å². The van der Waals surface area contributed by atoms with E-state index in [0.717, 1.165) is 17.6 Å². The van der Waals surface area contributed by atoms with Crippen molar-refractivity contribution in [1.29, 1.82) is 0 Å². The van der Waals surface area contributed by atoms with Crippen LogP contribution < -0.4 is 0 Å². The SMILES string of the molecule is CSCN(CSC)CSC. The lowest BCUT2D eigenvalue weighted by molar-refractivity contribution is 0.449. The second-order valence-electron chi connectivity index (χ2n) is 1.92. The van der Waals surface area contributed by atoms with Gasteiger partial charge in [0.1, 0.15) is 0 Å². The van der Waals surface area contributed by atoms with Gasteiger partial charge >= 0.3 is 0 Å². The molecule has 0 aromatic heterocycles. The van der Waals surface area contributed by atoms with Crippen molar-refractivity contribution in [3.63, 3.8) is 0 Å². The summed E-state index contributed by atoms with van der Waals surface area (Å²) in [6.07, 6.45) is 6.44. The van der Waals surface area contributed by atoms with Gasteiger partial charge < -0.3 is 0 Å². The van der Waals surface area contributed by atoms with Gasteiger partial charge in [0, 0.05) is 17.6 Å². The minimum atomic E-state index is 1.15. The van der Waals surface area contributed by atoms with Crippen LogP contribution in [0.3, 0.4) is 0 Å². The molecule has 0 amide bonds. The van der Waals surface area contributed by atoms with Crippen LogP contribution in [0.25, 0.3) is 0 Å². The molecule has 0 rings (SSSR count). The Kier molecular flexibility index (Phi) is 8.93. The molecule has 0 heterocycles. The highest BCUT2D eigenvalue weighted by Crippen LogP contribution is 2.08. The molecule has 0 bridgehead atoms. The Labute approximate surface area is 76.7 Å². The lowest BCUT2D eigenvalue weighted by atomic mass is 11.0. The van der Waals surface area contributed by atoms with Crippen molar-refractivity contribution < 1.29 is 0 Å². The summed E-state index contributed by atoms with van der Waals surface area (Å²) in [6.45, 7) is 0. The van der Waals surface area contributed by atoms with Gasteiger partial charge in [-0.05, 0) is 18.8 Å². The minimum absolute atomic E-state index is 1.15. The number of thioether (sulfide) groups is 3. The molecule has 0 aromatic rings. The molecule has 0 atom stereocenters. The zero-order valence-electron chi connectivity index (χ0n) is 6.79. The maximum atomic E-state index is 2.43. The Morgan fingerprint density at radius 2 is 1.10 bits per heavy atom. The summed E-state index contributed by atoms with van der Waals surface area (Å²) in [6, 6.07) is 0. The van der Waals surface area contributed by atoms with Crippen LogP contribution in [0.15, 0.2) is 0 Å². The first-order chi connectivity index (χ1) is 4.85. The van der Waals surface area contributed by atoms with E-state index in [2.05, 4.69) is 23.7 Å². The Morgan fingerprint density at radius 3 is 1.30 bits per heavy atom. The first-order valence-electron chi connectivity index (χ1n) is 3.04. The molecule has 62 valence electrons. The summed E-state index contributed by atoms with van der Waals surface area (Å²) in [7, 11) is 0. The predicted octanol–water partition coefficient (Wildman–Crippen LogP) is 2.25. The fourth-order valence-electron chi connectivity index (χ4n) is 0.660. The molecule has 1 nitrogen and oxygen atoms in total. The molecule has 0 aliphatic heterocycles. The van der Waals surface area contributed by atoms with Gasteiger partial charge in [0.2, 0.25) is 0 Å². The third kappa shape index (κ3) is 5.77. The Balaban J connectivity index is 3.30. The van der Waals surface area contributed by atoms with Gasteiger partial charge in [0.05, 0.1) is 0 Å². The van der Waals surface area contributed by atoms with Crippen LogP contribution in [0.1, 0.15) is 0 Å². The van der Waals surface area contributed by atoms with Crippen molar-refractivity contribution in [3.05, 3.63) is 0 Å². The quantitative estimate of drug-likeness (QED) is 0.601. The van der Waals surface area contributed by atoms with Gasteiger partial charge in [0.25, 0.3) is 0 Å². The second-order valence-corrected chi connectivity index (χ2v) is 4.43. The molecule has 10 heavy (non-hydrogen) atoms. The molecular formula is C6H15NS3. The third-order valence-corrected chi connectivity index (χ3v) is 2.81. The van der Waals surface area contributed by atoms with Crippen LogP contribution in [0.2, 0.25) is 0 Å². The number of hydrogen-bond acceptors (Lipinski definition) is 4. The minimum Gasteiger partial charge on any atom is -0.276 e. The molecule has 0 spiro atoms. The average molecular weight is 197 g/mol. The van der Waals surface area contributed by atoms with Crippen molar-refractivity contribution in [2.24, 2.45) is 0 Å². The third-order valence-electron chi connectivity index (χ3n) is 0.935. The van der Waals surface area contributed by atoms with Crippen LogP contribution in [-0.4, -0.2) is 41.3 Å². The maximum absolute atomic E-state index is 2.43. The molecule has 0 N–H and O–H groups in total. The van der Waals surface area contributed by atoms with Crippen LogP contribution >= 0.6 is 35.3 Å². The summed E-state index contributed by atoms with van der Waals surface area (Å²) in [5.41, 5.74) is 0. The molecule has 0 saturated heterocycles. The number of hydrogen-bond donors (Lipinski definition) is 0. The molecule has 4 heteroatoms. The lowest BCUT2D eigenvalue weighted by Gasteiger charge is -2.17. The summed E-state index contributed by atoms with van der Waals surface area (Å²) in [5.74, 6) is 3.46. The Bertz CT molecular complexity index is 55.7. The summed E-state index contributed by atoms with van der Waals surface area (Å²) < 4.78 is 0. The molecule has 0 radical (unpaired) electrons. The van der Waals surface area contributed by atoms with Crippen molar-refractivity contribution in [3.8, 4) is 0 Å². The molecule has 0 fully saturated rings. The smallest absolute Gasteiger partial charge is 0.0457 e. The zero-order chi connectivity index (χ0) is 7.82. The largest absolute Gasteiger partial charge is 0.276 e. The van der Waals surface area contributed by atoms with E-state index in [1.807, 2.05) is 35.3 Å². The van der Waals surface area contributed by atoms with Crippen LogP contribution in [0.4, 0.5) is 0 Å². The van der Waals surface area contributed by atoms with E-state index in [1.54, 1.807) is 0 Å². The maximum Gasteiger partial charge on any atom is 0.0457 e. The highest BCUT2D eigenvalue weighted by atomic mass is 32.2. The molecule has 0 unspecified atom stereocenters. The van der Waals surface area contributed by atoms with Gasteiger partial charge in [-0.25, -0.2) is 0 Å². The van der Waals surface area contributed by atoms with E-state index in [1.165, 1.54) is 0 Å². The highest BCUT2D eigenvalue weighted by Gasteiger charge is 1.99. The van der Waals surface area contributed by atoms with Gasteiger partial charge in [-0.3, -0.25) is 4.90 Å². The van der Waals surface area contributed by atoms with E-state index in [9.17, 15) is 0 Å². The molecule has 0 aliphatic rings. The van der Waals surface area contributed by atoms with Crippen LogP contribution in [-0.2, 0) is 0 Å². The fraction of sp³-hybridized carbons (Fsp3) is 1.00. The van der Waals surface area contributed by atoms with Crippen molar-refractivity contribution in [2.45, 2.75) is 0 Å². The first-order valence-corrected chi connectivity index (χ1v) is 7.22. The van der Waals surface area contributed by atoms with Crippen molar-refractivity contribution in [1.82, 2.24) is 4.90 Å². The number of rotatable bonds is 6. The zero-order valence-corrected chi connectivity index (χ0v) is 9.24. The predicted molar refractivity (Wildman–Crippen MR) is 57.0 cm³/mol. The van der Waals surface area contributed by atoms with Gasteiger partial charge in [0.15, 0.2) is 0 Å². The van der Waals surface area contributed by atoms with Crippen molar-refractivity contribution >= 4 is 35.3 Å². The van der Waals surface area contributed by atoms with Crippen molar-refractivity contribution in [2.75, 3.05) is 36.4 Å². The molecule has 0 aliphatic carbocycles. The summed E-state index contributed by atoms with van der Waals surface area (Å²) >= 11 is 5.67. The van der Waals surface area contributed by atoms with Gasteiger partial charge in [-0.1, -0.05) is 0 Å².